The van der Waals surface area contributed by atoms with Crippen molar-refractivity contribution in [3.63, 3.8) is 0 Å². The van der Waals surface area contributed by atoms with Crippen LogP contribution in [0.5, 0.6) is 0 Å². The number of hydrogen-bond donors (Lipinski definition) is 1. The highest BCUT2D eigenvalue weighted by Gasteiger charge is 2.21. The number of carbonyl (C=O) groups excluding carboxylic acids is 1. The van der Waals surface area contributed by atoms with E-state index >= 15 is 0 Å². The average Bonchev–Trinajstić information content (AvgIpc) is 2.37. The molecule has 1 heterocycles. The fourth-order valence-electron chi connectivity index (χ4n) is 2.21. The summed E-state index contributed by atoms with van der Waals surface area (Å²) in [5, 5.41) is 3.35. The van der Waals surface area contributed by atoms with E-state index in [4.69, 9.17) is 4.74 Å². The molecule has 0 aromatic heterocycles. The smallest absolute Gasteiger partial charge is 0.334 e. The summed E-state index contributed by atoms with van der Waals surface area (Å²) in [5.74, 6) is -0.264. The van der Waals surface area contributed by atoms with E-state index in [1.807, 2.05) is 6.92 Å². The maximum absolute atomic E-state index is 11.5. The highest BCUT2D eigenvalue weighted by molar-refractivity contribution is 5.88. The summed E-state index contributed by atoms with van der Waals surface area (Å²) < 4.78 is 4.96. The molecule has 17 heavy (non-hydrogen) atoms. The monoisotopic (exact) mass is 240 g/mol. The molecule has 4 heteroatoms. The van der Waals surface area contributed by atoms with Gasteiger partial charge in [-0.2, -0.15) is 0 Å². The summed E-state index contributed by atoms with van der Waals surface area (Å²) in [6.07, 6.45) is 2.29. The van der Waals surface area contributed by atoms with E-state index in [0.717, 1.165) is 32.5 Å². The number of nitrogens with one attached hydrogen (secondary N) is 1. The van der Waals surface area contributed by atoms with Crippen LogP contribution in [0.25, 0.3) is 0 Å². The van der Waals surface area contributed by atoms with E-state index in [2.05, 4.69) is 23.7 Å². The number of likely N-dealkylation sites (N-methyl/N-ethyl adjacent to an activating group) is 1. The third kappa shape index (κ3) is 4.48. The Hall–Kier alpha value is -0.870. The van der Waals surface area contributed by atoms with E-state index < -0.39 is 0 Å². The van der Waals surface area contributed by atoms with Crippen molar-refractivity contribution in [3.8, 4) is 0 Å². The van der Waals surface area contributed by atoms with Crippen LogP contribution in [0.1, 0.15) is 26.7 Å². The normalized spacial score (nSPS) is 17.1. The van der Waals surface area contributed by atoms with Gasteiger partial charge in [-0.1, -0.05) is 13.5 Å². The van der Waals surface area contributed by atoms with Gasteiger partial charge in [0.25, 0.3) is 0 Å². The minimum atomic E-state index is -0.264. The van der Waals surface area contributed by atoms with Gasteiger partial charge in [-0.05, 0) is 39.4 Å². The molecule has 1 N–H and O–H groups in total. The van der Waals surface area contributed by atoms with Crippen LogP contribution in [0.4, 0.5) is 0 Å². The molecule has 0 spiro atoms. The Morgan fingerprint density at radius 1 is 1.41 bits per heavy atom. The number of ether oxygens (including phenoxy) is 1. The lowest BCUT2D eigenvalue weighted by molar-refractivity contribution is -0.138. The first-order valence-electron chi connectivity index (χ1n) is 6.48. The minimum absolute atomic E-state index is 0.264. The molecule has 0 atom stereocenters. The molecule has 0 aliphatic carbocycles. The van der Waals surface area contributed by atoms with Crippen molar-refractivity contribution in [2.45, 2.75) is 32.7 Å². The van der Waals surface area contributed by atoms with Gasteiger partial charge in [0, 0.05) is 18.2 Å². The zero-order valence-corrected chi connectivity index (χ0v) is 11.0. The molecule has 1 fully saturated rings. The van der Waals surface area contributed by atoms with Crippen LogP contribution in [0, 0.1) is 0 Å². The number of nitrogens with zero attached hydrogens (tertiary/aromatic N) is 1. The standard InChI is InChI=1S/C13H24N2O2/c1-4-15(12-6-8-14-9-7-12)10-11(3)13(16)17-5-2/h12,14H,3-10H2,1-2H3. The lowest BCUT2D eigenvalue weighted by Gasteiger charge is -2.33. The van der Waals surface area contributed by atoms with Gasteiger partial charge >= 0.3 is 5.97 Å². The zero-order chi connectivity index (χ0) is 12.7. The van der Waals surface area contributed by atoms with Gasteiger partial charge in [0.1, 0.15) is 0 Å². The SMILES string of the molecule is C=C(CN(CC)C1CCNCC1)C(=O)OCC. The van der Waals surface area contributed by atoms with Gasteiger partial charge in [-0.3, -0.25) is 4.90 Å². The number of rotatable bonds is 6. The summed E-state index contributed by atoms with van der Waals surface area (Å²) in [7, 11) is 0. The number of piperidine rings is 1. The molecule has 0 amide bonds. The Labute approximate surface area is 104 Å². The van der Waals surface area contributed by atoms with Crippen LogP contribution < -0.4 is 5.32 Å². The van der Waals surface area contributed by atoms with Crippen molar-refractivity contribution < 1.29 is 9.53 Å². The molecule has 0 aromatic carbocycles. The van der Waals surface area contributed by atoms with Gasteiger partial charge in [-0.25, -0.2) is 4.79 Å². The Balaban J connectivity index is 2.45. The van der Waals surface area contributed by atoms with Gasteiger partial charge in [-0.15, -0.1) is 0 Å². The van der Waals surface area contributed by atoms with Crippen molar-refractivity contribution in [1.29, 1.82) is 0 Å². The highest BCUT2D eigenvalue weighted by Crippen LogP contribution is 2.13. The first kappa shape index (κ1) is 14.2. The van der Waals surface area contributed by atoms with Gasteiger partial charge in [0.15, 0.2) is 0 Å². The molecule has 1 aliphatic rings. The van der Waals surface area contributed by atoms with Crippen LogP contribution >= 0.6 is 0 Å². The van der Waals surface area contributed by atoms with Crippen LogP contribution in [-0.4, -0.2) is 49.7 Å². The Morgan fingerprint density at radius 2 is 2.06 bits per heavy atom. The number of carbonyl (C=O) groups is 1. The lowest BCUT2D eigenvalue weighted by Crippen LogP contribution is -2.44. The second-order valence-corrected chi connectivity index (χ2v) is 4.37. The summed E-state index contributed by atoms with van der Waals surface area (Å²) >= 11 is 0. The Kier molecular flexibility index (Phi) is 6.22. The lowest BCUT2D eigenvalue weighted by atomic mass is 10.0. The van der Waals surface area contributed by atoms with Crippen LogP contribution in [0.15, 0.2) is 12.2 Å². The third-order valence-electron chi connectivity index (χ3n) is 3.19. The third-order valence-corrected chi connectivity index (χ3v) is 3.19. The fourth-order valence-corrected chi connectivity index (χ4v) is 2.21. The molecule has 0 unspecified atom stereocenters. The molecule has 0 radical (unpaired) electrons. The Morgan fingerprint density at radius 3 is 2.59 bits per heavy atom. The van der Waals surface area contributed by atoms with Gasteiger partial charge in [0.05, 0.1) is 6.61 Å². The fraction of sp³-hybridized carbons (Fsp3) is 0.769. The van der Waals surface area contributed by atoms with Crippen molar-refractivity contribution in [1.82, 2.24) is 10.2 Å². The summed E-state index contributed by atoms with van der Waals surface area (Å²) in [5.41, 5.74) is 0.562. The molecule has 4 nitrogen and oxygen atoms in total. The Bertz CT molecular complexity index is 260. The zero-order valence-electron chi connectivity index (χ0n) is 11.0. The predicted molar refractivity (Wildman–Crippen MR) is 68.9 cm³/mol. The summed E-state index contributed by atoms with van der Waals surface area (Å²) in [6.45, 7) is 11.9. The molecule has 0 saturated carbocycles. The maximum atomic E-state index is 11.5. The van der Waals surface area contributed by atoms with E-state index in [9.17, 15) is 4.79 Å². The molecule has 1 aliphatic heterocycles. The second-order valence-electron chi connectivity index (χ2n) is 4.37. The molecule has 0 aromatic rings. The largest absolute Gasteiger partial charge is 0.463 e. The molecular formula is C13H24N2O2. The molecule has 98 valence electrons. The average molecular weight is 240 g/mol. The predicted octanol–water partition coefficient (Wildman–Crippen LogP) is 1.18. The molecule has 0 bridgehead atoms. The quantitative estimate of drug-likeness (QED) is 0.559. The molecular weight excluding hydrogens is 216 g/mol. The first-order valence-corrected chi connectivity index (χ1v) is 6.48. The van der Waals surface area contributed by atoms with E-state index in [0.29, 0.717) is 24.8 Å². The number of esters is 1. The van der Waals surface area contributed by atoms with Crippen LogP contribution in [0.3, 0.4) is 0 Å². The van der Waals surface area contributed by atoms with E-state index in [1.54, 1.807) is 0 Å². The highest BCUT2D eigenvalue weighted by atomic mass is 16.5. The minimum Gasteiger partial charge on any atom is -0.463 e. The van der Waals surface area contributed by atoms with Crippen LogP contribution in [-0.2, 0) is 9.53 Å². The molecule has 1 saturated heterocycles. The maximum Gasteiger partial charge on any atom is 0.334 e. The molecule has 1 rings (SSSR count). The van der Waals surface area contributed by atoms with Crippen LogP contribution in [0.2, 0.25) is 0 Å². The van der Waals surface area contributed by atoms with Gasteiger partial charge in [0.2, 0.25) is 0 Å². The van der Waals surface area contributed by atoms with E-state index in [-0.39, 0.29) is 5.97 Å². The second kappa shape index (κ2) is 7.45. The topological polar surface area (TPSA) is 41.6 Å². The number of hydrogen-bond acceptors (Lipinski definition) is 4. The van der Waals surface area contributed by atoms with Crippen molar-refractivity contribution in [3.05, 3.63) is 12.2 Å². The first-order chi connectivity index (χ1) is 8.19. The van der Waals surface area contributed by atoms with Crippen molar-refractivity contribution in [2.24, 2.45) is 0 Å². The van der Waals surface area contributed by atoms with E-state index in [1.165, 1.54) is 0 Å². The van der Waals surface area contributed by atoms with Crippen molar-refractivity contribution >= 4 is 5.97 Å². The van der Waals surface area contributed by atoms with Gasteiger partial charge < -0.3 is 10.1 Å². The summed E-state index contributed by atoms with van der Waals surface area (Å²) in [6, 6.07) is 0.562. The van der Waals surface area contributed by atoms with Crippen molar-refractivity contribution in [2.75, 3.05) is 32.8 Å². The summed E-state index contributed by atoms with van der Waals surface area (Å²) in [4.78, 5) is 13.8.